The Hall–Kier alpha value is -3.13. The Morgan fingerprint density at radius 3 is 2.63 bits per heavy atom. The minimum atomic E-state index is -3.74. The van der Waals surface area contributed by atoms with Crippen molar-refractivity contribution in [2.24, 2.45) is 4.99 Å². The number of aromatic nitrogens is 1. The van der Waals surface area contributed by atoms with Crippen LogP contribution in [0.2, 0.25) is 0 Å². The Labute approximate surface area is 175 Å². The molecule has 8 heteroatoms. The minimum Gasteiger partial charge on any atom is -0.350 e. The summed E-state index contributed by atoms with van der Waals surface area (Å²) in [4.78, 5) is 20.2. The van der Waals surface area contributed by atoms with E-state index in [9.17, 15) is 13.2 Å². The second kappa shape index (κ2) is 7.60. The van der Waals surface area contributed by atoms with Crippen molar-refractivity contribution in [3.8, 4) is 0 Å². The number of aliphatic imine (C=N–C) groups is 1. The third-order valence-corrected chi connectivity index (χ3v) is 6.79. The zero-order chi connectivity index (χ0) is 21.5. The molecule has 0 aliphatic carbocycles. The van der Waals surface area contributed by atoms with Gasteiger partial charge in [-0.2, -0.15) is 0 Å². The Morgan fingerprint density at radius 2 is 1.90 bits per heavy atom. The van der Waals surface area contributed by atoms with E-state index in [1.54, 1.807) is 12.1 Å². The molecule has 156 valence electrons. The summed E-state index contributed by atoms with van der Waals surface area (Å²) in [5.74, 6) is 0.147. The number of H-pyrrole nitrogens is 1. The van der Waals surface area contributed by atoms with Gasteiger partial charge in [0.25, 0.3) is 15.9 Å². The highest BCUT2D eigenvalue weighted by Crippen LogP contribution is 2.26. The van der Waals surface area contributed by atoms with Crippen LogP contribution in [0.15, 0.2) is 46.3 Å². The molecule has 1 aliphatic rings. The Morgan fingerprint density at radius 1 is 1.10 bits per heavy atom. The van der Waals surface area contributed by atoms with Crippen LogP contribution in [0.5, 0.6) is 0 Å². The first-order valence-electron chi connectivity index (χ1n) is 9.82. The van der Waals surface area contributed by atoms with Gasteiger partial charge in [0.05, 0.1) is 4.90 Å². The molecule has 1 amide bonds. The predicted octanol–water partition coefficient (Wildman–Crippen LogP) is 3.82. The van der Waals surface area contributed by atoms with Crippen LogP contribution in [0.1, 0.15) is 40.0 Å². The van der Waals surface area contributed by atoms with E-state index >= 15 is 0 Å². The molecule has 0 bridgehead atoms. The molecule has 4 rings (SSSR count). The van der Waals surface area contributed by atoms with Gasteiger partial charge in [-0.25, -0.2) is 8.42 Å². The van der Waals surface area contributed by atoms with Crippen LogP contribution in [-0.4, -0.2) is 31.7 Å². The number of carbonyl (C=O) groups excluding carboxylic acids is 1. The molecular weight excluding hydrogens is 400 g/mol. The highest BCUT2D eigenvalue weighted by Gasteiger charge is 2.19. The van der Waals surface area contributed by atoms with Gasteiger partial charge in [-0.15, -0.1) is 0 Å². The van der Waals surface area contributed by atoms with E-state index < -0.39 is 10.0 Å². The van der Waals surface area contributed by atoms with E-state index in [4.69, 9.17) is 0 Å². The second-order valence-corrected chi connectivity index (χ2v) is 9.31. The van der Waals surface area contributed by atoms with Gasteiger partial charge in [-0.05, 0) is 68.1 Å². The highest BCUT2D eigenvalue weighted by molar-refractivity contribution is 7.90. The minimum absolute atomic E-state index is 0.0776. The van der Waals surface area contributed by atoms with Crippen LogP contribution in [0.3, 0.4) is 0 Å². The van der Waals surface area contributed by atoms with Crippen molar-refractivity contribution in [1.82, 2.24) is 9.71 Å². The summed E-state index contributed by atoms with van der Waals surface area (Å²) >= 11 is 0. The second-order valence-electron chi connectivity index (χ2n) is 7.63. The van der Waals surface area contributed by atoms with E-state index in [1.807, 2.05) is 26.8 Å². The van der Waals surface area contributed by atoms with Crippen molar-refractivity contribution in [2.75, 3.05) is 11.9 Å². The number of nitrogens with zero attached hydrogens (tertiary/aromatic N) is 1. The number of hydrogen-bond acceptors (Lipinski definition) is 4. The molecule has 0 unspecified atom stereocenters. The van der Waals surface area contributed by atoms with Crippen LogP contribution in [0.4, 0.5) is 5.69 Å². The molecule has 2 aromatic carbocycles. The number of amides is 1. The molecule has 30 heavy (non-hydrogen) atoms. The topological polar surface area (TPSA) is 103 Å². The maximum Gasteiger partial charge on any atom is 0.272 e. The number of fused-ring (bicyclic) bond motifs is 1. The fourth-order valence-electron chi connectivity index (χ4n) is 3.67. The van der Waals surface area contributed by atoms with Gasteiger partial charge in [0.1, 0.15) is 11.5 Å². The van der Waals surface area contributed by atoms with Gasteiger partial charge in [-0.3, -0.25) is 14.5 Å². The third-order valence-electron chi connectivity index (χ3n) is 5.42. The van der Waals surface area contributed by atoms with Crippen molar-refractivity contribution in [2.45, 2.75) is 38.5 Å². The van der Waals surface area contributed by atoms with Crippen LogP contribution in [0, 0.1) is 20.8 Å². The Balaban J connectivity index is 1.58. The number of rotatable bonds is 4. The molecule has 3 N–H and O–H groups in total. The molecule has 3 aromatic rings. The normalized spacial score (nSPS) is 14.0. The molecular formula is C22H24N4O3S. The first-order chi connectivity index (χ1) is 14.2. The number of aryl methyl sites for hydroxylation is 3. The van der Waals surface area contributed by atoms with E-state index in [1.165, 1.54) is 12.1 Å². The molecule has 1 aromatic heterocycles. The summed E-state index contributed by atoms with van der Waals surface area (Å²) < 4.78 is 27.7. The lowest BCUT2D eigenvalue weighted by atomic mass is 10.0. The van der Waals surface area contributed by atoms with Gasteiger partial charge in [0.2, 0.25) is 0 Å². The van der Waals surface area contributed by atoms with Crippen molar-refractivity contribution < 1.29 is 13.2 Å². The number of sulfonamides is 1. The van der Waals surface area contributed by atoms with E-state index in [0.29, 0.717) is 30.2 Å². The molecule has 0 saturated heterocycles. The third kappa shape index (κ3) is 3.82. The van der Waals surface area contributed by atoms with Gasteiger partial charge in [0, 0.05) is 29.6 Å². The molecule has 1 aliphatic heterocycles. The lowest BCUT2D eigenvalue weighted by Crippen LogP contribution is -2.29. The Bertz CT molecular complexity index is 1290. The standard InChI is InChI=1S/C22H24N4O3S/c1-13-10-14(2)18-12-19(25-21(18)15(13)3)22(27)24-16-6-4-7-17(11-16)30(28,29)26-20-8-5-9-23-20/h4,6-7,10-12,25H,5,8-9H2,1-3H3,(H,23,26)(H,24,27). The van der Waals surface area contributed by atoms with Crippen molar-refractivity contribution in [3.05, 3.63) is 58.8 Å². The average molecular weight is 425 g/mol. The number of hydrogen-bond donors (Lipinski definition) is 3. The zero-order valence-electron chi connectivity index (χ0n) is 17.2. The molecule has 0 radical (unpaired) electrons. The lowest BCUT2D eigenvalue weighted by Gasteiger charge is -2.09. The number of anilines is 1. The van der Waals surface area contributed by atoms with Gasteiger partial charge < -0.3 is 10.3 Å². The van der Waals surface area contributed by atoms with Crippen molar-refractivity contribution in [1.29, 1.82) is 0 Å². The fraction of sp³-hybridized carbons (Fsp3) is 0.273. The fourth-order valence-corrected chi connectivity index (χ4v) is 4.80. The quantitative estimate of drug-likeness (QED) is 0.593. The lowest BCUT2D eigenvalue weighted by molar-refractivity contribution is 0.102. The van der Waals surface area contributed by atoms with Crippen molar-refractivity contribution in [3.63, 3.8) is 0 Å². The maximum absolute atomic E-state index is 12.8. The zero-order valence-corrected chi connectivity index (χ0v) is 18.0. The van der Waals surface area contributed by atoms with Gasteiger partial charge >= 0.3 is 0 Å². The first kappa shape index (κ1) is 20.2. The number of nitrogens with one attached hydrogen (secondary N) is 3. The smallest absolute Gasteiger partial charge is 0.272 e. The highest BCUT2D eigenvalue weighted by atomic mass is 32.2. The number of benzene rings is 2. The average Bonchev–Trinajstić information content (AvgIpc) is 3.36. The van der Waals surface area contributed by atoms with Crippen LogP contribution in [0.25, 0.3) is 10.9 Å². The predicted molar refractivity (Wildman–Crippen MR) is 119 cm³/mol. The summed E-state index contributed by atoms with van der Waals surface area (Å²) in [6, 6.07) is 10.1. The van der Waals surface area contributed by atoms with Crippen LogP contribution < -0.4 is 10.0 Å². The van der Waals surface area contributed by atoms with Gasteiger partial charge in [0.15, 0.2) is 0 Å². The van der Waals surface area contributed by atoms with Crippen molar-refractivity contribution >= 4 is 38.4 Å². The molecule has 7 nitrogen and oxygen atoms in total. The summed E-state index contributed by atoms with van der Waals surface area (Å²) in [6.07, 6.45) is 1.46. The van der Waals surface area contributed by atoms with E-state index in [0.717, 1.165) is 34.0 Å². The van der Waals surface area contributed by atoms with Crippen LogP contribution >= 0.6 is 0 Å². The van der Waals surface area contributed by atoms with Gasteiger partial charge in [-0.1, -0.05) is 12.1 Å². The SMILES string of the molecule is Cc1cc(C)c2cc(C(=O)Nc3cccc(S(=O)(=O)NC4=NCCC4)c3)[nH]c2c1C. The van der Waals surface area contributed by atoms with Crippen LogP contribution in [-0.2, 0) is 10.0 Å². The monoisotopic (exact) mass is 424 g/mol. The molecule has 0 fully saturated rings. The summed E-state index contributed by atoms with van der Waals surface area (Å²) in [5.41, 5.74) is 5.12. The molecule has 0 atom stereocenters. The summed E-state index contributed by atoms with van der Waals surface area (Å²) in [5, 5.41) is 3.79. The molecule has 2 heterocycles. The number of carbonyl (C=O) groups is 1. The number of aromatic amines is 1. The molecule has 0 spiro atoms. The maximum atomic E-state index is 12.8. The van der Waals surface area contributed by atoms with E-state index in [2.05, 4.69) is 26.1 Å². The summed E-state index contributed by atoms with van der Waals surface area (Å²) in [6.45, 7) is 6.71. The number of amidine groups is 1. The largest absolute Gasteiger partial charge is 0.350 e. The molecule has 0 saturated carbocycles. The summed E-state index contributed by atoms with van der Waals surface area (Å²) in [7, 11) is -3.74. The first-order valence-corrected chi connectivity index (χ1v) is 11.3. The Kier molecular flexibility index (Phi) is 5.11. The van der Waals surface area contributed by atoms with E-state index in [-0.39, 0.29) is 10.8 Å².